The topological polar surface area (TPSA) is 94.2 Å². The molecule has 8 nitrogen and oxygen atoms in total. The van der Waals surface area contributed by atoms with Gasteiger partial charge in [0.2, 0.25) is 0 Å². The fraction of sp³-hybridized carbons (Fsp3) is 0.562. The van der Waals surface area contributed by atoms with Gasteiger partial charge in [-0.05, 0) is 26.7 Å². The Bertz CT molecular complexity index is 744. The lowest BCUT2D eigenvalue weighted by molar-refractivity contribution is -0.00787. The number of hydrogen-bond acceptors (Lipinski definition) is 7. The minimum atomic E-state index is -0.171. The number of nitrogens with zero attached hydrogens (tertiary/aromatic N) is 5. The summed E-state index contributed by atoms with van der Waals surface area (Å²) in [5, 5.41) is 3.82. The molecule has 0 N–H and O–H groups in total. The summed E-state index contributed by atoms with van der Waals surface area (Å²) < 4.78 is 11.3. The van der Waals surface area contributed by atoms with E-state index in [0.29, 0.717) is 30.5 Å². The predicted molar refractivity (Wildman–Crippen MR) is 82.0 cm³/mol. The zero-order valence-corrected chi connectivity index (χ0v) is 13.7. The van der Waals surface area contributed by atoms with Gasteiger partial charge in [0.1, 0.15) is 11.8 Å². The molecule has 4 rings (SSSR count). The van der Waals surface area contributed by atoms with E-state index in [1.165, 1.54) is 0 Å². The average molecular weight is 329 g/mol. The second-order valence-electron chi connectivity index (χ2n) is 6.42. The Hall–Kier alpha value is -2.35. The molecule has 2 aromatic rings. The number of piperidine rings is 1. The van der Waals surface area contributed by atoms with Gasteiger partial charge in [0, 0.05) is 25.2 Å². The van der Waals surface area contributed by atoms with Crippen LogP contribution in [0.15, 0.2) is 16.9 Å². The standard InChI is InChI=1S/C16H19N5O3/c1-9-6-18-12(7-17-9)16(22)21-4-3-13-11(8-21)5-14(23-13)15-19-10(2)20-24-15/h6-7,11,13-14H,3-5,8H2,1-2H3/t11-,13+,14+/m0/s1. The number of amides is 1. The molecule has 24 heavy (non-hydrogen) atoms. The number of aromatic nitrogens is 4. The second-order valence-corrected chi connectivity index (χ2v) is 6.42. The molecule has 2 aromatic heterocycles. The van der Waals surface area contributed by atoms with E-state index in [-0.39, 0.29) is 24.0 Å². The van der Waals surface area contributed by atoms with E-state index in [2.05, 4.69) is 20.1 Å². The SMILES string of the molecule is Cc1cnc(C(=O)N2CC[C@H]3O[C@@H](c4nc(C)no4)C[C@H]3C2)cn1. The van der Waals surface area contributed by atoms with Crippen molar-refractivity contribution in [2.24, 2.45) is 5.92 Å². The molecule has 0 aliphatic carbocycles. The molecule has 2 aliphatic heterocycles. The lowest BCUT2D eigenvalue weighted by atomic mass is 9.92. The summed E-state index contributed by atoms with van der Waals surface area (Å²) >= 11 is 0. The molecule has 2 fully saturated rings. The Balaban J connectivity index is 1.44. The van der Waals surface area contributed by atoms with Gasteiger partial charge in [-0.25, -0.2) is 4.98 Å². The Kier molecular flexibility index (Phi) is 3.76. The molecule has 0 bridgehead atoms. The Morgan fingerprint density at radius 3 is 2.88 bits per heavy atom. The van der Waals surface area contributed by atoms with Gasteiger partial charge in [0.05, 0.1) is 18.0 Å². The van der Waals surface area contributed by atoms with Gasteiger partial charge in [-0.2, -0.15) is 4.98 Å². The number of likely N-dealkylation sites (tertiary alicyclic amines) is 1. The first kappa shape index (κ1) is 15.2. The van der Waals surface area contributed by atoms with Crippen LogP contribution in [0.2, 0.25) is 0 Å². The third-order valence-corrected chi connectivity index (χ3v) is 4.63. The van der Waals surface area contributed by atoms with Crippen molar-refractivity contribution in [3.05, 3.63) is 35.5 Å². The van der Waals surface area contributed by atoms with Crippen LogP contribution in [0.25, 0.3) is 0 Å². The fourth-order valence-corrected chi connectivity index (χ4v) is 3.41. The highest BCUT2D eigenvalue weighted by atomic mass is 16.5. The molecule has 0 spiro atoms. The van der Waals surface area contributed by atoms with Gasteiger partial charge >= 0.3 is 0 Å². The first-order chi connectivity index (χ1) is 11.6. The molecule has 3 atom stereocenters. The first-order valence-corrected chi connectivity index (χ1v) is 8.14. The molecule has 2 aliphatic rings. The summed E-state index contributed by atoms with van der Waals surface area (Å²) in [5.41, 5.74) is 1.19. The molecule has 0 radical (unpaired) electrons. The van der Waals surface area contributed by atoms with Crippen molar-refractivity contribution in [1.82, 2.24) is 25.0 Å². The summed E-state index contributed by atoms with van der Waals surface area (Å²) in [6, 6.07) is 0. The quantitative estimate of drug-likeness (QED) is 0.823. The van der Waals surface area contributed by atoms with Gasteiger partial charge in [-0.15, -0.1) is 0 Å². The maximum atomic E-state index is 12.6. The van der Waals surface area contributed by atoms with E-state index in [0.717, 1.165) is 18.5 Å². The Morgan fingerprint density at radius 1 is 1.29 bits per heavy atom. The Labute approximate surface area is 139 Å². The zero-order chi connectivity index (χ0) is 16.7. The maximum absolute atomic E-state index is 12.6. The van der Waals surface area contributed by atoms with Crippen LogP contribution in [0.1, 0.15) is 46.8 Å². The normalized spacial score (nSPS) is 26.4. The van der Waals surface area contributed by atoms with E-state index < -0.39 is 0 Å². The largest absolute Gasteiger partial charge is 0.365 e. The number of carbonyl (C=O) groups excluding carboxylic acids is 1. The first-order valence-electron chi connectivity index (χ1n) is 8.14. The highest BCUT2D eigenvalue weighted by Crippen LogP contribution is 2.40. The molecule has 0 aromatic carbocycles. The van der Waals surface area contributed by atoms with Crippen molar-refractivity contribution < 1.29 is 14.1 Å². The molecular formula is C16H19N5O3. The summed E-state index contributed by atoms with van der Waals surface area (Å²) in [6.45, 7) is 4.95. The van der Waals surface area contributed by atoms with Gasteiger partial charge in [-0.3, -0.25) is 9.78 Å². The summed E-state index contributed by atoms with van der Waals surface area (Å²) in [5.74, 6) is 1.35. The van der Waals surface area contributed by atoms with Crippen molar-refractivity contribution >= 4 is 5.91 Å². The molecular weight excluding hydrogens is 310 g/mol. The van der Waals surface area contributed by atoms with Gasteiger partial charge < -0.3 is 14.2 Å². The number of aryl methyl sites for hydroxylation is 2. The molecule has 4 heterocycles. The number of rotatable bonds is 2. The van der Waals surface area contributed by atoms with Crippen molar-refractivity contribution in [2.75, 3.05) is 13.1 Å². The van der Waals surface area contributed by atoms with E-state index in [9.17, 15) is 4.79 Å². The molecule has 2 saturated heterocycles. The van der Waals surface area contributed by atoms with Crippen LogP contribution in [-0.4, -0.2) is 50.1 Å². The second kappa shape index (κ2) is 5.94. The van der Waals surface area contributed by atoms with Crippen LogP contribution in [0.3, 0.4) is 0 Å². The van der Waals surface area contributed by atoms with Crippen molar-refractivity contribution in [3.8, 4) is 0 Å². The van der Waals surface area contributed by atoms with Gasteiger partial charge in [-0.1, -0.05) is 5.16 Å². The minimum absolute atomic E-state index is 0.0713. The number of carbonyl (C=O) groups is 1. The van der Waals surface area contributed by atoms with E-state index >= 15 is 0 Å². The monoisotopic (exact) mass is 329 g/mol. The van der Waals surface area contributed by atoms with Gasteiger partial charge in [0.25, 0.3) is 11.8 Å². The third kappa shape index (κ3) is 2.77. The van der Waals surface area contributed by atoms with Crippen molar-refractivity contribution in [3.63, 3.8) is 0 Å². The predicted octanol–water partition coefficient (Wildman–Crippen LogP) is 1.47. The minimum Gasteiger partial charge on any atom is -0.365 e. The van der Waals surface area contributed by atoms with Crippen LogP contribution in [-0.2, 0) is 4.74 Å². The molecule has 8 heteroatoms. The van der Waals surface area contributed by atoms with Crippen LogP contribution in [0.5, 0.6) is 0 Å². The van der Waals surface area contributed by atoms with Crippen LogP contribution < -0.4 is 0 Å². The van der Waals surface area contributed by atoms with Crippen molar-refractivity contribution in [2.45, 2.75) is 38.9 Å². The summed E-state index contributed by atoms with van der Waals surface area (Å²) in [4.78, 5) is 27.0. The lowest BCUT2D eigenvalue weighted by Crippen LogP contribution is -2.44. The van der Waals surface area contributed by atoms with E-state index in [1.807, 2.05) is 11.8 Å². The fourth-order valence-electron chi connectivity index (χ4n) is 3.41. The number of ether oxygens (including phenoxy) is 1. The molecule has 0 unspecified atom stereocenters. The summed E-state index contributed by atoms with van der Waals surface area (Å²) in [6.07, 6.45) is 4.71. The highest BCUT2D eigenvalue weighted by Gasteiger charge is 2.42. The molecule has 126 valence electrons. The molecule has 0 saturated carbocycles. The van der Waals surface area contributed by atoms with Crippen molar-refractivity contribution in [1.29, 1.82) is 0 Å². The van der Waals surface area contributed by atoms with E-state index in [1.54, 1.807) is 19.3 Å². The van der Waals surface area contributed by atoms with Crippen LogP contribution in [0, 0.1) is 19.8 Å². The molecule has 1 amide bonds. The zero-order valence-electron chi connectivity index (χ0n) is 13.7. The van der Waals surface area contributed by atoms with E-state index in [4.69, 9.17) is 9.26 Å². The lowest BCUT2D eigenvalue weighted by Gasteiger charge is -2.33. The highest BCUT2D eigenvalue weighted by molar-refractivity contribution is 5.92. The van der Waals surface area contributed by atoms with Crippen LogP contribution >= 0.6 is 0 Å². The third-order valence-electron chi connectivity index (χ3n) is 4.63. The number of fused-ring (bicyclic) bond motifs is 1. The number of hydrogen-bond donors (Lipinski definition) is 0. The smallest absolute Gasteiger partial charge is 0.274 e. The average Bonchev–Trinajstić information content (AvgIpc) is 3.20. The van der Waals surface area contributed by atoms with Gasteiger partial charge in [0.15, 0.2) is 5.82 Å². The maximum Gasteiger partial charge on any atom is 0.274 e. The Morgan fingerprint density at radius 2 is 2.17 bits per heavy atom. The summed E-state index contributed by atoms with van der Waals surface area (Å²) in [7, 11) is 0. The van der Waals surface area contributed by atoms with Crippen LogP contribution in [0.4, 0.5) is 0 Å².